The van der Waals surface area contributed by atoms with Gasteiger partial charge in [0.2, 0.25) is 0 Å². The smallest absolute Gasteiger partial charge is 0.387 e. The number of halogens is 2. The predicted octanol–water partition coefficient (Wildman–Crippen LogP) is 4.15. The first-order valence-electron chi connectivity index (χ1n) is 8.86. The molecule has 1 aliphatic rings. The number of fused-ring (bicyclic) bond motifs is 1. The molecule has 28 heavy (non-hydrogen) atoms. The molecule has 8 heteroatoms. The minimum Gasteiger partial charge on any atom is -0.435 e. The van der Waals surface area contributed by atoms with Crippen molar-refractivity contribution in [3.63, 3.8) is 0 Å². The summed E-state index contributed by atoms with van der Waals surface area (Å²) in [6, 6.07) is 9.74. The minimum atomic E-state index is -2.86. The van der Waals surface area contributed by atoms with Gasteiger partial charge in [-0.3, -0.25) is 9.78 Å². The number of hydrogen-bond donors (Lipinski definition) is 1. The summed E-state index contributed by atoms with van der Waals surface area (Å²) in [5, 5.41) is 6.79. The summed E-state index contributed by atoms with van der Waals surface area (Å²) < 4.78 is 34.5. The molecule has 0 aliphatic heterocycles. The van der Waals surface area contributed by atoms with Crippen molar-refractivity contribution in [3.05, 3.63) is 65.6 Å². The maximum atomic E-state index is 12.6. The molecule has 6 nitrogen and oxygen atoms in total. The Labute approximate surface area is 159 Å². The molecule has 1 amide bonds. The zero-order chi connectivity index (χ0) is 19.5. The summed E-state index contributed by atoms with van der Waals surface area (Å²) in [6.07, 6.45) is 5.60. The largest absolute Gasteiger partial charge is 0.435 e. The summed E-state index contributed by atoms with van der Waals surface area (Å²) >= 11 is 0. The highest BCUT2D eigenvalue weighted by molar-refractivity contribution is 5.93. The van der Waals surface area contributed by atoms with Crippen molar-refractivity contribution in [3.8, 4) is 17.1 Å². The lowest BCUT2D eigenvalue weighted by Crippen LogP contribution is -2.31. The number of nitrogens with one attached hydrogen (secondary N) is 1. The molecule has 2 heterocycles. The first-order valence-corrected chi connectivity index (χ1v) is 8.86. The number of amides is 1. The van der Waals surface area contributed by atoms with Crippen LogP contribution in [0.3, 0.4) is 0 Å². The van der Waals surface area contributed by atoms with Crippen LogP contribution >= 0.6 is 0 Å². The van der Waals surface area contributed by atoms with Crippen LogP contribution in [-0.2, 0) is 6.42 Å². The molecule has 1 aliphatic carbocycles. The number of benzene rings is 1. The highest BCUT2D eigenvalue weighted by Crippen LogP contribution is 2.33. The number of nitrogens with zero attached hydrogens (tertiary/aromatic N) is 2. The van der Waals surface area contributed by atoms with Gasteiger partial charge in [0.05, 0.1) is 6.04 Å². The first-order chi connectivity index (χ1) is 13.6. The van der Waals surface area contributed by atoms with E-state index in [1.165, 1.54) is 6.07 Å². The monoisotopic (exact) mass is 385 g/mol. The topological polar surface area (TPSA) is 77.2 Å². The first kappa shape index (κ1) is 18.1. The van der Waals surface area contributed by atoms with Crippen LogP contribution in [-0.4, -0.2) is 22.7 Å². The quantitative estimate of drug-likeness (QED) is 0.714. The van der Waals surface area contributed by atoms with E-state index < -0.39 is 6.61 Å². The molecule has 0 fully saturated rings. The molecule has 2 aromatic heterocycles. The standard InChI is InChI=1S/C20H17F2N3O3/c21-20(22)27-14-6-7-15-12(9-14)3-1-5-16(15)24-19(26)17-10-18(28-25-17)13-4-2-8-23-11-13/h2,4,6-11,16,20H,1,3,5H2,(H,24,26)/t16-/m0/s1. The van der Waals surface area contributed by atoms with Crippen LogP contribution in [0.25, 0.3) is 11.3 Å². The van der Waals surface area contributed by atoms with Gasteiger partial charge in [-0.1, -0.05) is 11.2 Å². The highest BCUT2D eigenvalue weighted by atomic mass is 19.3. The molecule has 0 bridgehead atoms. The zero-order valence-corrected chi connectivity index (χ0v) is 14.8. The fraction of sp³-hybridized carbons (Fsp3) is 0.250. The third-order valence-electron chi connectivity index (χ3n) is 4.65. The van der Waals surface area contributed by atoms with Crippen molar-refractivity contribution in [2.75, 3.05) is 0 Å². The lowest BCUT2D eigenvalue weighted by atomic mass is 9.87. The molecular formula is C20H17F2N3O3. The predicted molar refractivity (Wildman–Crippen MR) is 96.0 cm³/mol. The number of hydrogen-bond acceptors (Lipinski definition) is 5. The zero-order valence-electron chi connectivity index (χ0n) is 14.8. The number of alkyl halides is 2. The summed E-state index contributed by atoms with van der Waals surface area (Å²) in [7, 11) is 0. The average Bonchev–Trinajstić information content (AvgIpc) is 3.19. The third kappa shape index (κ3) is 3.85. The van der Waals surface area contributed by atoms with E-state index in [0.717, 1.165) is 36.0 Å². The number of ether oxygens (including phenoxy) is 1. The number of carbonyl (C=O) groups is 1. The molecule has 1 atom stereocenters. The maximum absolute atomic E-state index is 12.6. The molecular weight excluding hydrogens is 368 g/mol. The van der Waals surface area contributed by atoms with Gasteiger partial charge in [0, 0.05) is 24.0 Å². The summed E-state index contributed by atoms with van der Waals surface area (Å²) in [5.41, 5.74) is 2.69. The van der Waals surface area contributed by atoms with E-state index >= 15 is 0 Å². The molecule has 0 saturated carbocycles. The fourth-order valence-electron chi connectivity index (χ4n) is 3.38. The number of aromatic nitrogens is 2. The molecule has 144 valence electrons. The second-order valence-electron chi connectivity index (χ2n) is 6.48. The van der Waals surface area contributed by atoms with Crippen LogP contribution in [0, 0.1) is 0 Å². The van der Waals surface area contributed by atoms with E-state index in [0.29, 0.717) is 5.76 Å². The molecule has 0 radical (unpaired) electrons. The van der Waals surface area contributed by atoms with Crippen LogP contribution in [0.5, 0.6) is 5.75 Å². The number of carbonyl (C=O) groups excluding carboxylic acids is 1. The van der Waals surface area contributed by atoms with Crippen LogP contribution in [0.1, 0.15) is 40.5 Å². The number of pyridine rings is 1. The van der Waals surface area contributed by atoms with Crippen LogP contribution in [0.15, 0.2) is 53.3 Å². The van der Waals surface area contributed by atoms with Crippen molar-refractivity contribution in [2.24, 2.45) is 0 Å². The molecule has 4 rings (SSSR count). The van der Waals surface area contributed by atoms with E-state index in [-0.39, 0.29) is 23.4 Å². The summed E-state index contributed by atoms with van der Waals surface area (Å²) in [5.74, 6) is 0.221. The average molecular weight is 385 g/mol. The Morgan fingerprint density at radius 2 is 2.18 bits per heavy atom. The third-order valence-corrected chi connectivity index (χ3v) is 4.65. The van der Waals surface area contributed by atoms with Crippen molar-refractivity contribution in [2.45, 2.75) is 31.9 Å². The van der Waals surface area contributed by atoms with Crippen molar-refractivity contribution in [1.29, 1.82) is 0 Å². The Balaban J connectivity index is 1.50. The maximum Gasteiger partial charge on any atom is 0.387 e. The van der Waals surface area contributed by atoms with Gasteiger partial charge in [-0.2, -0.15) is 8.78 Å². The van der Waals surface area contributed by atoms with E-state index in [1.54, 1.807) is 36.7 Å². The van der Waals surface area contributed by atoms with Crippen molar-refractivity contribution >= 4 is 5.91 Å². The normalized spacial score (nSPS) is 15.9. The van der Waals surface area contributed by atoms with Gasteiger partial charge >= 0.3 is 6.61 Å². The fourth-order valence-corrected chi connectivity index (χ4v) is 3.38. The van der Waals surface area contributed by atoms with Gasteiger partial charge in [0.15, 0.2) is 11.5 Å². The van der Waals surface area contributed by atoms with Gasteiger partial charge in [0.25, 0.3) is 5.91 Å². The Kier molecular flexibility index (Phi) is 5.01. The van der Waals surface area contributed by atoms with Gasteiger partial charge in [-0.15, -0.1) is 0 Å². The van der Waals surface area contributed by atoms with Crippen LogP contribution in [0.2, 0.25) is 0 Å². The highest BCUT2D eigenvalue weighted by Gasteiger charge is 2.24. The van der Waals surface area contributed by atoms with Crippen molar-refractivity contribution < 1.29 is 22.8 Å². The second kappa shape index (κ2) is 7.75. The van der Waals surface area contributed by atoms with E-state index in [1.807, 2.05) is 6.07 Å². The van der Waals surface area contributed by atoms with E-state index in [2.05, 4.69) is 20.2 Å². The SMILES string of the molecule is O=C(N[C@H]1CCCc2cc(OC(F)F)ccc21)c1cc(-c2cccnc2)on1. The Bertz CT molecular complexity index is 976. The second-order valence-corrected chi connectivity index (χ2v) is 6.48. The lowest BCUT2D eigenvalue weighted by molar-refractivity contribution is -0.0499. The molecule has 1 N–H and O–H groups in total. The lowest BCUT2D eigenvalue weighted by Gasteiger charge is -2.26. The molecule has 0 unspecified atom stereocenters. The van der Waals surface area contributed by atoms with Crippen LogP contribution < -0.4 is 10.1 Å². The Morgan fingerprint density at radius 3 is 2.96 bits per heavy atom. The minimum absolute atomic E-state index is 0.123. The van der Waals surface area contributed by atoms with Crippen molar-refractivity contribution in [1.82, 2.24) is 15.5 Å². The number of aryl methyl sites for hydroxylation is 1. The van der Waals surface area contributed by atoms with Gasteiger partial charge in [0.1, 0.15) is 5.75 Å². The Hall–Kier alpha value is -3.29. The molecule has 3 aromatic rings. The van der Waals surface area contributed by atoms with Gasteiger partial charge in [-0.25, -0.2) is 0 Å². The van der Waals surface area contributed by atoms with Gasteiger partial charge in [-0.05, 0) is 54.7 Å². The molecule has 0 spiro atoms. The molecule has 1 aromatic carbocycles. The number of rotatable bonds is 5. The summed E-state index contributed by atoms with van der Waals surface area (Å²) in [4.78, 5) is 16.6. The Morgan fingerprint density at radius 1 is 1.29 bits per heavy atom. The van der Waals surface area contributed by atoms with Gasteiger partial charge < -0.3 is 14.6 Å². The van der Waals surface area contributed by atoms with Crippen LogP contribution in [0.4, 0.5) is 8.78 Å². The van der Waals surface area contributed by atoms with E-state index in [4.69, 9.17) is 4.52 Å². The van der Waals surface area contributed by atoms with E-state index in [9.17, 15) is 13.6 Å². The molecule has 0 saturated heterocycles. The summed E-state index contributed by atoms with van der Waals surface area (Å²) in [6.45, 7) is -2.86.